The van der Waals surface area contributed by atoms with E-state index >= 15 is 0 Å². The van der Waals surface area contributed by atoms with Crippen molar-refractivity contribution in [1.82, 2.24) is 4.57 Å². The summed E-state index contributed by atoms with van der Waals surface area (Å²) in [6.45, 7) is 3.42. The van der Waals surface area contributed by atoms with Crippen molar-refractivity contribution in [2.75, 3.05) is 0 Å². The molecule has 0 saturated carbocycles. The maximum Gasteiger partial charge on any atom is 0.256 e. The molecule has 2 heteroatoms. The molecule has 0 unspecified atom stereocenters. The van der Waals surface area contributed by atoms with E-state index in [9.17, 15) is 0 Å². The molecule has 2 nitrogen and oxygen atoms in total. The number of imidazole rings is 1. The Kier molecular flexibility index (Phi) is 11.7. The Bertz CT molecular complexity index is 615. The fraction of sp³-hybridized carbons (Fsp3) is 0.654. The van der Waals surface area contributed by atoms with Crippen LogP contribution in [0.2, 0.25) is 0 Å². The topological polar surface area (TPSA) is 8.81 Å². The average molecular weight is 384 g/mol. The van der Waals surface area contributed by atoms with E-state index in [0.717, 1.165) is 6.54 Å². The summed E-state index contributed by atoms with van der Waals surface area (Å²) in [5.74, 6) is 1.49. The number of unbranched alkanes of at least 4 members (excludes halogenated alkanes) is 10. The van der Waals surface area contributed by atoms with Crippen LogP contribution in [0.1, 0.15) is 95.4 Å². The molecule has 1 heterocycles. The van der Waals surface area contributed by atoms with Gasteiger partial charge >= 0.3 is 0 Å². The van der Waals surface area contributed by atoms with Gasteiger partial charge in [0.1, 0.15) is 12.4 Å². The minimum absolute atomic E-state index is 1.13. The molecule has 0 saturated heterocycles. The summed E-state index contributed by atoms with van der Waals surface area (Å²) >= 11 is 0. The van der Waals surface area contributed by atoms with Crippen LogP contribution >= 0.6 is 0 Å². The summed E-state index contributed by atoms with van der Waals surface area (Å²) < 4.78 is 4.79. The van der Waals surface area contributed by atoms with Crippen LogP contribution in [0.4, 0.5) is 0 Å². The predicted molar refractivity (Wildman–Crippen MR) is 121 cm³/mol. The Morgan fingerprint density at radius 1 is 0.714 bits per heavy atom. The smallest absolute Gasteiger partial charge is 0.237 e. The summed E-state index contributed by atoms with van der Waals surface area (Å²) in [5, 5.41) is 0. The van der Waals surface area contributed by atoms with Crippen molar-refractivity contribution in [2.45, 2.75) is 103 Å². The molecule has 0 spiro atoms. The number of aromatic nitrogens is 2. The maximum absolute atomic E-state index is 2.47. The largest absolute Gasteiger partial charge is 0.256 e. The van der Waals surface area contributed by atoms with Gasteiger partial charge < -0.3 is 0 Å². The first kappa shape index (κ1) is 22.7. The van der Waals surface area contributed by atoms with Crippen LogP contribution < -0.4 is 4.57 Å². The zero-order valence-corrected chi connectivity index (χ0v) is 18.5. The molecule has 0 N–H and O–H groups in total. The maximum atomic E-state index is 2.47. The van der Waals surface area contributed by atoms with Gasteiger partial charge in [-0.3, -0.25) is 0 Å². The minimum atomic E-state index is 1.13. The molecule has 0 radical (unpaired) electrons. The Morgan fingerprint density at radius 2 is 1.32 bits per heavy atom. The third kappa shape index (κ3) is 9.08. The normalized spacial score (nSPS) is 11.2. The molecule has 0 aliphatic heterocycles. The fourth-order valence-electron chi connectivity index (χ4n) is 4.12. The second-order valence-corrected chi connectivity index (χ2v) is 8.39. The van der Waals surface area contributed by atoms with Gasteiger partial charge in [0, 0.05) is 6.42 Å². The van der Waals surface area contributed by atoms with Gasteiger partial charge in [-0.2, -0.15) is 0 Å². The van der Waals surface area contributed by atoms with Crippen LogP contribution in [0.3, 0.4) is 0 Å². The summed E-state index contributed by atoms with van der Waals surface area (Å²) in [7, 11) is 2.20. The van der Waals surface area contributed by atoms with Crippen molar-refractivity contribution < 1.29 is 4.57 Å². The fourth-order valence-corrected chi connectivity index (χ4v) is 4.12. The molecule has 0 amide bonds. The molecular weight excluding hydrogens is 340 g/mol. The standard InChI is InChI=1S/C26H43N2/c1-3-4-5-6-7-8-9-10-11-12-16-21-26-27(2)23-24-28(26)22-17-20-25-18-14-13-15-19-25/h13-15,18-19,23-24H,3-12,16-17,20-22H2,1-2H3/q+1. The van der Waals surface area contributed by atoms with Gasteiger partial charge in [0.25, 0.3) is 5.82 Å². The van der Waals surface area contributed by atoms with E-state index in [2.05, 4.69) is 65.8 Å². The van der Waals surface area contributed by atoms with Crippen LogP contribution in [0.15, 0.2) is 42.7 Å². The number of aryl methyl sites for hydroxylation is 3. The summed E-state index contributed by atoms with van der Waals surface area (Å²) in [6.07, 6.45) is 23.6. The van der Waals surface area contributed by atoms with Gasteiger partial charge in [-0.05, 0) is 24.8 Å². The van der Waals surface area contributed by atoms with E-state index < -0.39 is 0 Å². The molecule has 28 heavy (non-hydrogen) atoms. The van der Waals surface area contributed by atoms with Gasteiger partial charge in [-0.1, -0.05) is 101 Å². The molecule has 1 aromatic heterocycles. The lowest BCUT2D eigenvalue weighted by Crippen LogP contribution is -2.37. The highest BCUT2D eigenvalue weighted by Gasteiger charge is 2.13. The zero-order chi connectivity index (χ0) is 19.9. The number of hydrogen-bond acceptors (Lipinski definition) is 0. The van der Waals surface area contributed by atoms with Crippen LogP contribution in [0.5, 0.6) is 0 Å². The summed E-state index contributed by atoms with van der Waals surface area (Å²) in [4.78, 5) is 0. The van der Waals surface area contributed by atoms with E-state index in [0.29, 0.717) is 0 Å². The van der Waals surface area contributed by atoms with Crippen LogP contribution in [-0.2, 0) is 26.4 Å². The van der Waals surface area contributed by atoms with Crippen LogP contribution in [0, 0.1) is 0 Å². The third-order valence-electron chi connectivity index (χ3n) is 5.92. The Balaban J connectivity index is 1.55. The van der Waals surface area contributed by atoms with Crippen molar-refractivity contribution in [1.29, 1.82) is 0 Å². The Hall–Kier alpha value is -1.57. The second kappa shape index (κ2) is 14.4. The lowest BCUT2D eigenvalue weighted by atomic mass is 10.1. The molecule has 0 aliphatic carbocycles. The number of benzene rings is 1. The van der Waals surface area contributed by atoms with E-state index in [1.54, 1.807) is 0 Å². The van der Waals surface area contributed by atoms with Crippen molar-refractivity contribution in [2.24, 2.45) is 7.05 Å². The van der Waals surface area contributed by atoms with Gasteiger partial charge in [-0.25, -0.2) is 9.13 Å². The Labute approximate surface area is 174 Å². The minimum Gasteiger partial charge on any atom is -0.237 e. The molecule has 1 aromatic carbocycles. The molecule has 156 valence electrons. The Morgan fingerprint density at radius 3 is 1.96 bits per heavy atom. The molecular formula is C26H43N2+. The van der Waals surface area contributed by atoms with Gasteiger partial charge in [-0.15, -0.1) is 0 Å². The number of hydrogen-bond donors (Lipinski definition) is 0. The number of nitrogens with zero attached hydrogens (tertiary/aromatic N) is 2. The van der Waals surface area contributed by atoms with Gasteiger partial charge in [0.05, 0.1) is 13.6 Å². The lowest BCUT2D eigenvalue weighted by Gasteiger charge is -2.05. The first-order valence-electron chi connectivity index (χ1n) is 11.9. The highest BCUT2D eigenvalue weighted by Crippen LogP contribution is 2.12. The average Bonchev–Trinajstić information content (AvgIpc) is 3.06. The van der Waals surface area contributed by atoms with Crippen molar-refractivity contribution in [3.8, 4) is 0 Å². The molecule has 2 rings (SSSR count). The van der Waals surface area contributed by atoms with Crippen molar-refractivity contribution >= 4 is 0 Å². The highest BCUT2D eigenvalue weighted by molar-refractivity contribution is 5.14. The molecule has 2 aromatic rings. The summed E-state index contributed by atoms with van der Waals surface area (Å²) in [6, 6.07) is 10.9. The van der Waals surface area contributed by atoms with Crippen molar-refractivity contribution in [3.05, 3.63) is 54.1 Å². The van der Waals surface area contributed by atoms with Crippen LogP contribution in [-0.4, -0.2) is 4.57 Å². The molecule has 0 atom stereocenters. The van der Waals surface area contributed by atoms with E-state index in [1.165, 1.54) is 101 Å². The number of rotatable bonds is 16. The first-order valence-corrected chi connectivity index (χ1v) is 11.9. The summed E-state index contributed by atoms with van der Waals surface area (Å²) in [5.41, 5.74) is 1.45. The van der Waals surface area contributed by atoms with Gasteiger partial charge in [0.15, 0.2) is 0 Å². The lowest BCUT2D eigenvalue weighted by molar-refractivity contribution is -0.704. The van der Waals surface area contributed by atoms with Crippen molar-refractivity contribution in [3.63, 3.8) is 0 Å². The monoisotopic (exact) mass is 383 g/mol. The molecule has 0 aliphatic rings. The predicted octanol–water partition coefficient (Wildman–Crippen LogP) is 6.80. The van der Waals surface area contributed by atoms with E-state index in [-0.39, 0.29) is 0 Å². The van der Waals surface area contributed by atoms with E-state index in [1.807, 2.05) is 0 Å². The third-order valence-corrected chi connectivity index (χ3v) is 5.92. The zero-order valence-electron chi connectivity index (χ0n) is 18.5. The van der Waals surface area contributed by atoms with Gasteiger partial charge in [0.2, 0.25) is 0 Å². The second-order valence-electron chi connectivity index (χ2n) is 8.39. The first-order chi connectivity index (χ1) is 13.8. The highest BCUT2D eigenvalue weighted by atomic mass is 15.1. The molecule has 0 fully saturated rings. The van der Waals surface area contributed by atoms with E-state index in [4.69, 9.17) is 0 Å². The molecule has 0 bridgehead atoms. The van der Waals surface area contributed by atoms with Crippen LogP contribution in [0.25, 0.3) is 0 Å². The SMILES string of the molecule is CCCCCCCCCCCCCc1n(C)cc[n+]1CCCc1ccccc1. The quantitative estimate of drug-likeness (QED) is 0.223.